The lowest BCUT2D eigenvalue weighted by Gasteiger charge is -2.04. The van der Waals surface area contributed by atoms with Crippen LogP contribution in [0.1, 0.15) is 18.1 Å². The first-order valence-corrected chi connectivity index (χ1v) is 3.54. The first kappa shape index (κ1) is 7.99. The first-order valence-electron chi connectivity index (χ1n) is 3.54. The lowest BCUT2D eigenvalue weighted by atomic mass is 10.0. The summed E-state index contributed by atoms with van der Waals surface area (Å²) in [6, 6.07) is 5.04. The summed E-state index contributed by atoms with van der Waals surface area (Å²) < 4.78 is 13.0. The quantitative estimate of drug-likeness (QED) is 0.576. The fourth-order valence-electron chi connectivity index (χ4n) is 1.17. The van der Waals surface area contributed by atoms with Gasteiger partial charge in [-0.25, -0.2) is 4.39 Å². The molecule has 0 saturated carbocycles. The van der Waals surface area contributed by atoms with Gasteiger partial charge >= 0.3 is 0 Å². The molecule has 1 aromatic rings. The molecule has 0 heterocycles. The minimum atomic E-state index is -0.183. The predicted octanol–water partition coefficient (Wildman–Crippen LogP) is 3.17. The number of aryl methyl sites for hydroxylation is 1. The first-order chi connectivity index (χ1) is 5.13. The third-order valence-corrected chi connectivity index (χ3v) is 1.65. The molecule has 0 bridgehead atoms. The van der Waals surface area contributed by atoms with Gasteiger partial charge in [0, 0.05) is 5.56 Å². The normalized spacial score (nSPS) is 9.73. The van der Waals surface area contributed by atoms with Gasteiger partial charge in [0.25, 0.3) is 0 Å². The van der Waals surface area contributed by atoms with Gasteiger partial charge < -0.3 is 0 Å². The summed E-state index contributed by atoms with van der Waals surface area (Å²) in [6.45, 7) is 7.40. The Morgan fingerprint density at radius 2 is 2.09 bits per heavy atom. The van der Waals surface area contributed by atoms with Crippen LogP contribution in [0.5, 0.6) is 0 Å². The van der Waals surface area contributed by atoms with Crippen LogP contribution in [0.25, 0.3) is 5.57 Å². The van der Waals surface area contributed by atoms with Gasteiger partial charge in [0.2, 0.25) is 0 Å². The molecule has 11 heavy (non-hydrogen) atoms. The average Bonchev–Trinajstić information content (AvgIpc) is 1.85. The van der Waals surface area contributed by atoms with Crippen LogP contribution < -0.4 is 0 Å². The number of allylic oxidation sites excluding steroid dienone is 1. The molecule has 0 unspecified atom stereocenters. The maximum atomic E-state index is 13.0. The lowest BCUT2D eigenvalue weighted by Crippen LogP contribution is -1.89. The fraction of sp³-hybridized carbons (Fsp3) is 0.200. The van der Waals surface area contributed by atoms with Crippen LogP contribution in [0.2, 0.25) is 0 Å². The average molecular weight is 150 g/mol. The van der Waals surface area contributed by atoms with Gasteiger partial charge in [-0.3, -0.25) is 0 Å². The Balaban J connectivity index is 3.32. The molecule has 0 fully saturated rings. The Bertz CT molecular complexity index is 267. The Hall–Kier alpha value is -1.11. The van der Waals surface area contributed by atoms with E-state index >= 15 is 0 Å². The van der Waals surface area contributed by atoms with Crippen LogP contribution in [-0.4, -0.2) is 0 Å². The van der Waals surface area contributed by atoms with E-state index in [1.54, 1.807) is 6.07 Å². The minimum absolute atomic E-state index is 0.183. The van der Waals surface area contributed by atoms with Crippen LogP contribution in [0.4, 0.5) is 4.39 Å². The van der Waals surface area contributed by atoms with Crippen LogP contribution in [0, 0.1) is 12.7 Å². The van der Waals surface area contributed by atoms with Gasteiger partial charge in [-0.05, 0) is 31.1 Å². The molecule has 0 spiro atoms. The maximum Gasteiger partial charge on any atom is 0.130 e. The van der Waals surface area contributed by atoms with Gasteiger partial charge in [-0.2, -0.15) is 0 Å². The Kier molecular flexibility index (Phi) is 2.08. The zero-order chi connectivity index (χ0) is 8.43. The molecule has 0 atom stereocenters. The van der Waals surface area contributed by atoms with Crippen molar-refractivity contribution in [2.45, 2.75) is 13.8 Å². The SMILES string of the molecule is C=C(C)c1c(C)cccc1F. The molecular formula is C10H11F. The van der Waals surface area contributed by atoms with E-state index in [1.807, 2.05) is 19.9 Å². The van der Waals surface area contributed by atoms with Crippen molar-refractivity contribution in [3.8, 4) is 0 Å². The number of hydrogen-bond donors (Lipinski definition) is 0. The summed E-state index contributed by atoms with van der Waals surface area (Å²) >= 11 is 0. The molecule has 1 heteroatoms. The zero-order valence-corrected chi connectivity index (χ0v) is 6.82. The monoisotopic (exact) mass is 150 g/mol. The number of halogens is 1. The van der Waals surface area contributed by atoms with Gasteiger partial charge in [-0.1, -0.05) is 18.7 Å². The van der Waals surface area contributed by atoms with E-state index in [9.17, 15) is 4.39 Å². The molecule has 0 nitrogen and oxygen atoms in total. The molecule has 0 saturated heterocycles. The Morgan fingerprint density at radius 3 is 2.45 bits per heavy atom. The number of rotatable bonds is 1. The second kappa shape index (κ2) is 2.87. The third-order valence-electron chi connectivity index (χ3n) is 1.65. The topological polar surface area (TPSA) is 0 Å². The molecule has 0 N–H and O–H groups in total. The largest absolute Gasteiger partial charge is 0.206 e. The molecule has 58 valence electrons. The third kappa shape index (κ3) is 1.48. The molecule has 0 aliphatic rings. The summed E-state index contributed by atoms with van der Waals surface area (Å²) in [6.07, 6.45) is 0. The van der Waals surface area contributed by atoms with Crippen molar-refractivity contribution < 1.29 is 4.39 Å². The predicted molar refractivity (Wildman–Crippen MR) is 45.8 cm³/mol. The Labute approximate surface area is 66.4 Å². The molecular weight excluding hydrogens is 139 g/mol. The maximum absolute atomic E-state index is 13.0. The van der Waals surface area contributed by atoms with Gasteiger partial charge in [0.15, 0.2) is 0 Å². The van der Waals surface area contributed by atoms with Gasteiger partial charge in [-0.15, -0.1) is 0 Å². The molecule has 0 aliphatic heterocycles. The van der Waals surface area contributed by atoms with Crippen molar-refractivity contribution in [3.63, 3.8) is 0 Å². The van der Waals surface area contributed by atoms with Gasteiger partial charge in [0.05, 0.1) is 0 Å². The summed E-state index contributed by atoms with van der Waals surface area (Å²) in [7, 11) is 0. The molecule has 0 aromatic heterocycles. The van der Waals surface area contributed by atoms with E-state index in [0.717, 1.165) is 11.1 Å². The second-order valence-electron chi connectivity index (χ2n) is 2.71. The van der Waals surface area contributed by atoms with Gasteiger partial charge in [0.1, 0.15) is 5.82 Å². The summed E-state index contributed by atoms with van der Waals surface area (Å²) in [5.41, 5.74) is 2.37. The highest BCUT2D eigenvalue weighted by molar-refractivity contribution is 5.64. The standard InChI is InChI=1S/C10H11F/c1-7(2)10-8(3)5-4-6-9(10)11/h4-6H,1H2,2-3H3. The van der Waals surface area contributed by atoms with E-state index in [-0.39, 0.29) is 5.82 Å². The molecule has 0 radical (unpaired) electrons. The highest BCUT2D eigenvalue weighted by Gasteiger charge is 2.03. The highest BCUT2D eigenvalue weighted by Crippen LogP contribution is 2.19. The van der Waals surface area contributed by atoms with E-state index in [0.29, 0.717) is 5.56 Å². The van der Waals surface area contributed by atoms with Crippen molar-refractivity contribution in [1.82, 2.24) is 0 Å². The van der Waals surface area contributed by atoms with Crippen molar-refractivity contribution in [3.05, 3.63) is 41.7 Å². The van der Waals surface area contributed by atoms with Crippen LogP contribution >= 0.6 is 0 Å². The van der Waals surface area contributed by atoms with Crippen LogP contribution in [0.15, 0.2) is 24.8 Å². The van der Waals surface area contributed by atoms with E-state index in [2.05, 4.69) is 6.58 Å². The number of benzene rings is 1. The number of hydrogen-bond acceptors (Lipinski definition) is 0. The zero-order valence-electron chi connectivity index (χ0n) is 6.82. The Morgan fingerprint density at radius 1 is 1.45 bits per heavy atom. The molecule has 1 rings (SSSR count). The highest BCUT2D eigenvalue weighted by atomic mass is 19.1. The van der Waals surface area contributed by atoms with E-state index in [1.165, 1.54) is 6.07 Å². The summed E-state index contributed by atoms with van der Waals surface area (Å²) in [5, 5.41) is 0. The van der Waals surface area contributed by atoms with Crippen molar-refractivity contribution >= 4 is 5.57 Å². The van der Waals surface area contributed by atoms with E-state index in [4.69, 9.17) is 0 Å². The summed E-state index contributed by atoms with van der Waals surface area (Å²) in [4.78, 5) is 0. The van der Waals surface area contributed by atoms with Crippen LogP contribution in [0.3, 0.4) is 0 Å². The molecule has 1 aromatic carbocycles. The summed E-state index contributed by atoms with van der Waals surface area (Å²) in [5.74, 6) is -0.183. The van der Waals surface area contributed by atoms with Crippen molar-refractivity contribution in [2.75, 3.05) is 0 Å². The van der Waals surface area contributed by atoms with E-state index < -0.39 is 0 Å². The van der Waals surface area contributed by atoms with Crippen LogP contribution in [-0.2, 0) is 0 Å². The lowest BCUT2D eigenvalue weighted by molar-refractivity contribution is 0.622. The minimum Gasteiger partial charge on any atom is -0.206 e. The molecule has 0 aliphatic carbocycles. The van der Waals surface area contributed by atoms with Crippen molar-refractivity contribution in [2.24, 2.45) is 0 Å². The molecule has 0 amide bonds. The smallest absolute Gasteiger partial charge is 0.130 e. The fourth-order valence-corrected chi connectivity index (χ4v) is 1.17. The second-order valence-corrected chi connectivity index (χ2v) is 2.71. The van der Waals surface area contributed by atoms with Crippen molar-refractivity contribution in [1.29, 1.82) is 0 Å².